The van der Waals surface area contributed by atoms with Gasteiger partial charge in [0.25, 0.3) is 5.91 Å². The van der Waals surface area contributed by atoms with Gasteiger partial charge in [-0.1, -0.05) is 43.3 Å². The second kappa shape index (κ2) is 8.87. The van der Waals surface area contributed by atoms with Crippen molar-refractivity contribution in [1.29, 1.82) is 0 Å². The van der Waals surface area contributed by atoms with Crippen LogP contribution in [0.2, 0.25) is 0 Å². The summed E-state index contributed by atoms with van der Waals surface area (Å²) in [6.07, 6.45) is 0.163. The number of benzene rings is 2. The molecule has 132 valence electrons. The summed E-state index contributed by atoms with van der Waals surface area (Å²) >= 11 is 0. The summed E-state index contributed by atoms with van der Waals surface area (Å²) in [5.74, 6) is 0.143. The molecule has 0 radical (unpaired) electrons. The Bertz CT molecular complexity index is 716. The van der Waals surface area contributed by atoms with Gasteiger partial charge in [-0.2, -0.15) is 0 Å². The molecule has 0 fully saturated rings. The van der Waals surface area contributed by atoms with Crippen molar-refractivity contribution in [1.82, 2.24) is 4.90 Å². The largest absolute Gasteiger partial charge is 0.481 e. The van der Waals surface area contributed by atoms with Gasteiger partial charge in [-0.05, 0) is 37.1 Å². The minimum atomic E-state index is -0.664. The fourth-order valence-corrected chi connectivity index (χ4v) is 2.50. The molecule has 5 nitrogen and oxygen atoms in total. The maximum atomic E-state index is 12.4. The first kappa shape index (κ1) is 18.5. The van der Waals surface area contributed by atoms with E-state index in [9.17, 15) is 9.59 Å². The molecule has 1 N–H and O–H groups in total. The molecule has 0 aromatic heterocycles. The third kappa shape index (κ3) is 5.35. The molecule has 5 heteroatoms. The zero-order valence-electron chi connectivity index (χ0n) is 14.9. The fraction of sp³-hybridized carbons (Fsp3) is 0.300. The first-order chi connectivity index (χ1) is 12.0. The van der Waals surface area contributed by atoms with Crippen molar-refractivity contribution in [3.05, 3.63) is 60.2 Å². The fourth-order valence-electron chi connectivity index (χ4n) is 2.50. The van der Waals surface area contributed by atoms with Crippen LogP contribution < -0.4 is 10.1 Å². The van der Waals surface area contributed by atoms with Gasteiger partial charge in [0.1, 0.15) is 5.75 Å². The molecular weight excluding hydrogens is 316 g/mol. The van der Waals surface area contributed by atoms with Crippen LogP contribution >= 0.6 is 0 Å². The number of nitrogens with one attached hydrogen (secondary N) is 1. The van der Waals surface area contributed by atoms with Crippen LogP contribution in [-0.4, -0.2) is 36.4 Å². The molecule has 0 aliphatic rings. The van der Waals surface area contributed by atoms with Crippen molar-refractivity contribution in [2.24, 2.45) is 0 Å². The molecule has 25 heavy (non-hydrogen) atoms. The average Bonchev–Trinajstić information content (AvgIpc) is 2.62. The number of likely N-dealkylation sites (N-methyl/N-ethyl adjacent to an activating group) is 1. The Morgan fingerprint density at radius 1 is 1.08 bits per heavy atom. The number of ether oxygens (including phenoxy) is 1. The highest BCUT2D eigenvalue weighted by atomic mass is 16.5. The lowest BCUT2D eigenvalue weighted by Crippen LogP contribution is -2.42. The summed E-state index contributed by atoms with van der Waals surface area (Å²) < 4.78 is 5.61. The predicted octanol–water partition coefficient (Wildman–Crippen LogP) is 3.11. The van der Waals surface area contributed by atoms with Gasteiger partial charge in [0.2, 0.25) is 5.91 Å². The molecule has 2 aromatic carbocycles. The van der Waals surface area contributed by atoms with Crippen molar-refractivity contribution >= 4 is 17.5 Å². The molecule has 0 saturated carbocycles. The molecule has 1 atom stereocenters. The number of nitrogens with zero attached hydrogens (tertiary/aromatic N) is 1. The van der Waals surface area contributed by atoms with Crippen LogP contribution in [0, 0.1) is 0 Å². The lowest BCUT2D eigenvalue weighted by molar-refractivity contribution is -0.139. The summed E-state index contributed by atoms with van der Waals surface area (Å²) in [4.78, 5) is 26.0. The quantitative estimate of drug-likeness (QED) is 0.842. The second-order valence-corrected chi connectivity index (χ2v) is 5.83. The Hall–Kier alpha value is -2.82. The third-order valence-electron chi connectivity index (χ3n) is 3.83. The topological polar surface area (TPSA) is 58.6 Å². The van der Waals surface area contributed by atoms with E-state index < -0.39 is 6.10 Å². The molecule has 2 amide bonds. The van der Waals surface area contributed by atoms with Gasteiger partial charge in [-0.3, -0.25) is 9.59 Å². The standard InChI is InChI=1S/C20H24N2O3/c1-4-16-10-8-9-13-18(16)21-19(23)14-22(3)20(24)15(2)25-17-11-6-5-7-12-17/h5-13,15H,4,14H2,1-3H3,(H,21,23). The van der Waals surface area contributed by atoms with Crippen LogP contribution in [0.4, 0.5) is 5.69 Å². The van der Waals surface area contributed by atoms with Gasteiger partial charge in [-0.15, -0.1) is 0 Å². The Balaban J connectivity index is 1.90. The van der Waals surface area contributed by atoms with Gasteiger partial charge in [0, 0.05) is 12.7 Å². The molecule has 0 spiro atoms. The molecule has 0 heterocycles. The van der Waals surface area contributed by atoms with Gasteiger partial charge >= 0.3 is 0 Å². The SMILES string of the molecule is CCc1ccccc1NC(=O)CN(C)C(=O)C(C)Oc1ccccc1. The highest BCUT2D eigenvalue weighted by Gasteiger charge is 2.21. The molecule has 0 bridgehead atoms. The number of carbonyl (C=O) groups is 2. The van der Waals surface area contributed by atoms with E-state index in [4.69, 9.17) is 4.74 Å². The number of carbonyl (C=O) groups excluding carboxylic acids is 2. The first-order valence-electron chi connectivity index (χ1n) is 8.35. The van der Waals surface area contributed by atoms with Crippen LogP contribution in [0.3, 0.4) is 0 Å². The normalized spacial score (nSPS) is 11.5. The van der Waals surface area contributed by atoms with Crippen LogP contribution in [0.1, 0.15) is 19.4 Å². The van der Waals surface area contributed by atoms with Crippen molar-refractivity contribution in [3.8, 4) is 5.75 Å². The number of rotatable bonds is 7. The maximum Gasteiger partial charge on any atom is 0.263 e. The monoisotopic (exact) mass is 340 g/mol. The van der Waals surface area contributed by atoms with E-state index in [2.05, 4.69) is 5.32 Å². The third-order valence-corrected chi connectivity index (χ3v) is 3.83. The van der Waals surface area contributed by atoms with E-state index >= 15 is 0 Å². The number of amides is 2. The van der Waals surface area contributed by atoms with Crippen LogP contribution in [0.5, 0.6) is 5.75 Å². The van der Waals surface area contributed by atoms with Gasteiger partial charge in [0.15, 0.2) is 6.10 Å². The van der Waals surface area contributed by atoms with Crippen LogP contribution in [-0.2, 0) is 16.0 Å². The van der Waals surface area contributed by atoms with Crippen molar-refractivity contribution in [2.45, 2.75) is 26.4 Å². The Morgan fingerprint density at radius 2 is 1.72 bits per heavy atom. The number of para-hydroxylation sites is 2. The Morgan fingerprint density at radius 3 is 2.40 bits per heavy atom. The van der Waals surface area contributed by atoms with Crippen LogP contribution in [0.25, 0.3) is 0 Å². The number of aryl methyl sites for hydroxylation is 1. The molecule has 2 aromatic rings. The minimum absolute atomic E-state index is 0.0284. The lowest BCUT2D eigenvalue weighted by Gasteiger charge is -2.22. The van der Waals surface area contributed by atoms with Gasteiger partial charge in [0.05, 0.1) is 6.54 Å². The molecule has 2 rings (SSSR count). The maximum absolute atomic E-state index is 12.4. The summed E-state index contributed by atoms with van der Waals surface area (Å²) in [6.45, 7) is 3.68. The van der Waals surface area contributed by atoms with Gasteiger partial charge in [-0.25, -0.2) is 0 Å². The summed E-state index contributed by atoms with van der Waals surface area (Å²) in [7, 11) is 1.60. The number of hydrogen-bond donors (Lipinski definition) is 1. The van der Waals surface area contributed by atoms with Gasteiger partial charge < -0.3 is 15.0 Å². The molecular formula is C20H24N2O3. The molecule has 0 aliphatic carbocycles. The van der Waals surface area contributed by atoms with E-state index in [1.165, 1.54) is 4.90 Å². The molecule has 0 saturated heterocycles. The van der Waals surface area contributed by atoms with E-state index in [0.717, 1.165) is 17.7 Å². The summed E-state index contributed by atoms with van der Waals surface area (Å²) in [5.41, 5.74) is 1.84. The zero-order chi connectivity index (χ0) is 18.2. The van der Waals surface area contributed by atoms with Crippen molar-refractivity contribution < 1.29 is 14.3 Å². The summed E-state index contributed by atoms with van der Waals surface area (Å²) in [5, 5.41) is 2.86. The minimum Gasteiger partial charge on any atom is -0.481 e. The Labute approximate surface area is 148 Å². The van der Waals surface area contributed by atoms with Crippen molar-refractivity contribution in [3.63, 3.8) is 0 Å². The van der Waals surface area contributed by atoms with Crippen LogP contribution in [0.15, 0.2) is 54.6 Å². The second-order valence-electron chi connectivity index (χ2n) is 5.83. The van der Waals surface area contributed by atoms with E-state index in [-0.39, 0.29) is 18.4 Å². The summed E-state index contributed by atoms with van der Waals surface area (Å²) in [6, 6.07) is 16.8. The van der Waals surface area contributed by atoms with E-state index in [0.29, 0.717) is 5.75 Å². The highest BCUT2D eigenvalue weighted by Crippen LogP contribution is 2.15. The Kier molecular flexibility index (Phi) is 6.57. The first-order valence-corrected chi connectivity index (χ1v) is 8.35. The lowest BCUT2D eigenvalue weighted by atomic mass is 10.1. The van der Waals surface area contributed by atoms with E-state index in [1.54, 1.807) is 26.1 Å². The average molecular weight is 340 g/mol. The number of hydrogen-bond acceptors (Lipinski definition) is 3. The van der Waals surface area contributed by atoms with Crippen molar-refractivity contribution in [2.75, 3.05) is 18.9 Å². The predicted molar refractivity (Wildman–Crippen MR) is 98.6 cm³/mol. The highest BCUT2D eigenvalue weighted by molar-refractivity contribution is 5.95. The molecule has 0 aliphatic heterocycles. The zero-order valence-corrected chi connectivity index (χ0v) is 14.9. The molecule has 1 unspecified atom stereocenters. The smallest absolute Gasteiger partial charge is 0.263 e. The number of anilines is 1. The van der Waals surface area contributed by atoms with E-state index in [1.807, 2.05) is 49.4 Å².